The fraction of sp³-hybridized carbons (Fsp3) is 0.0909. The van der Waals surface area contributed by atoms with Crippen LogP contribution in [0.15, 0.2) is 78.9 Å². The molecule has 1 N–H and O–H groups in total. The summed E-state index contributed by atoms with van der Waals surface area (Å²) in [5.74, 6) is -0.630. The van der Waals surface area contributed by atoms with Crippen LogP contribution in [-0.2, 0) is 4.79 Å². The van der Waals surface area contributed by atoms with Crippen LogP contribution in [0.25, 0.3) is 0 Å². The zero-order chi connectivity index (χ0) is 19.2. The number of carbonyl (C=O) groups is 2. The number of ketones is 1. The summed E-state index contributed by atoms with van der Waals surface area (Å²) in [6.45, 7) is 1.57. The number of para-hydroxylation sites is 1. The first-order valence-corrected chi connectivity index (χ1v) is 8.46. The predicted octanol–water partition coefficient (Wildman–Crippen LogP) is 4.46. The first kappa shape index (κ1) is 18.3. The molecule has 0 bridgehead atoms. The smallest absolute Gasteiger partial charge is 0.265 e. The second-order valence-corrected chi connectivity index (χ2v) is 5.95. The summed E-state index contributed by atoms with van der Waals surface area (Å²) >= 11 is 0. The minimum absolute atomic E-state index is 0.0903. The lowest BCUT2D eigenvalue weighted by molar-refractivity contribution is -0.122. The highest BCUT2D eigenvalue weighted by molar-refractivity contribution is 6.09. The highest BCUT2D eigenvalue weighted by Crippen LogP contribution is 2.18. The van der Waals surface area contributed by atoms with Gasteiger partial charge in [0.1, 0.15) is 11.6 Å². The van der Waals surface area contributed by atoms with E-state index in [2.05, 4.69) is 5.32 Å². The molecule has 0 aliphatic carbocycles. The molecule has 4 nitrogen and oxygen atoms in total. The molecule has 0 heterocycles. The minimum atomic E-state index is -0.833. The number of benzene rings is 3. The number of carbonyl (C=O) groups excluding carboxylic acids is 2. The Labute approximate surface area is 156 Å². The van der Waals surface area contributed by atoms with E-state index in [-0.39, 0.29) is 11.5 Å². The highest BCUT2D eigenvalue weighted by Gasteiger charge is 2.17. The van der Waals surface area contributed by atoms with E-state index >= 15 is 0 Å². The Morgan fingerprint density at radius 1 is 0.852 bits per heavy atom. The van der Waals surface area contributed by atoms with Crippen molar-refractivity contribution in [1.29, 1.82) is 0 Å². The fourth-order valence-electron chi connectivity index (χ4n) is 2.50. The average Bonchev–Trinajstić information content (AvgIpc) is 2.70. The molecule has 0 radical (unpaired) electrons. The van der Waals surface area contributed by atoms with Crippen molar-refractivity contribution in [2.24, 2.45) is 0 Å². The van der Waals surface area contributed by atoms with Crippen molar-refractivity contribution in [3.8, 4) is 5.75 Å². The number of nitrogens with one attached hydrogen (secondary N) is 1. The van der Waals surface area contributed by atoms with Crippen molar-refractivity contribution in [3.05, 3.63) is 95.8 Å². The van der Waals surface area contributed by atoms with Crippen molar-refractivity contribution in [1.82, 2.24) is 0 Å². The van der Waals surface area contributed by atoms with E-state index in [0.717, 1.165) is 0 Å². The van der Waals surface area contributed by atoms with Gasteiger partial charge in [-0.2, -0.15) is 0 Å². The summed E-state index contributed by atoms with van der Waals surface area (Å²) in [7, 11) is 0. The lowest BCUT2D eigenvalue weighted by Crippen LogP contribution is -2.30. The number of ether oxygens (including phenoxy) is 1. The molecule has 1 atom stereocenters. The van der Waals surface area contributed by atoms with Gasteiger partial charge in [-0.05, 0) is 43.3 Å². The molecule has 27 heavy (non-hydrogen) atoms. The van der Waals surface area contributed by atoms with Crippen LogP contribution in [0.5, 0.6) is 5.75 Å². The molecule has 3 rings (SSSR count). The minimum Gasteiger partial charge on any atom is -0.481 e. The van der Waals surface area contributed by atoms with Gasteiger partial charge in [0.05, 0.1) is 5.69 Å². The zero-order valence-corrected chi connectivity index (χ0v) is 14.7. The van der Waals surface area contributed by atoms with Gasteiger partial charge in [0.2, 0.25) is 0 Å². The zero-order valence-electron chi connectivity index (χ0n) is 14.7. The summed E-state index contributed by atoms with van der Waals surface area (Å²) < 4.78 is 19.2. The summed E-state index contributed by atoms with van der Waals surface area (Å²) in [4.78, 5) is 24.6. The molecule has 1 amide bonds. The molecule has 5 heteroatoms. The third-order valence-electron chi connectivity index (χ3n) is 3.97. The Morgan fingerprint density at radius 3 is 2.11 bits per heavy atom. The summed E-state index contributed by atoms with van der Waals surface area (Å²) in [5.41, 5.74) is 1.22. The van der Waals surface area contributed by atoms with E-state index < -0.39 is 17.8 Å². The summed E-state index contributed by atoms with van der Waals surface area (Å²) in [6, 6.07) is 21.4. The number of hydrogen-bond acceptors (Lipinski definition) is 3. The summed E-state index contributed by atoms with van der Waals surface area (Å²) in [6.07, 6.45) is -0.833. The van der Waals surface area contributed by atoms with Crippen LogP contribution in [0, 0.1) is 5.82 Å². The third kappa shape index (κ3) is 4.58. The molecule has 0 saturated heterocycles. The number of halogens is 1. The van der Waals surface area contributed by atoms with Crippen LogP contribution < -0.4 is 10.1 Å². The van der Waals surface area contributed by atoms with Crippen molar-refractivity contribution >= 4 is 17.4 Å². The molecule has 3 aromatic carbocycles. The highest BCUT2D eigenvalue weighted by atomic mass is 19.1. The van der Waals surface area contributed by atoms with Gasteiger partial charge in [-0.1, -0.05) is 42.5 Å². The Bertz CT molecular complexity index is 939. The van der Waals surface area contributed by atoms with Crippen LogP contribution >= 0.6 is 0 Å². The first-order chi connectivity index (χ1) is 13.0. The Morgan fingerprint density at radius 2 is 1.44 bits per heavy atom. The quantitative estimate of drug-likeness (QED) is 0.658. The van der Waals surface area contributed by atoms with Gasteiger partial charge < -0.3 is 10.1 Å². The van der Waals surface area contributed by atoms with Gasteiger partial charge in [-0.25, -0.2) is 4.39 Å². The monoisotopic (exact) mass is 363 g/mol. The predicted molar refractivity (Wildman–Crippen MR) is 101 cm³/mol. The molecule has 0 saturated carbocycles. The van der Waals surface area contributed by atoms with E-state index in [1.54, 1.807) is 67.6 Å². The third-order valence-corrected chi connectivity index (χ3v) is 3.97. The second-order valence-electron chi connectivity index (χ2n) is 5.95. The van der Waals surface area contributed by atoms with E-state index in [4.69, 9.17) is 4.74 Å². The number of hydrogen-bond donors (Lipinski definition) is 1. The van der Waals surface area contributed by atoms with Crippen LogP contribution in [0.1, 0.15) is 22.8 Å². The van der Waals surface area contributed by atoms with Gasteiger partial charge >= 0.3 is 0 Å². The molecule has 3 aromatic rings. The molecule has 0 aliphatic heterocycles. The molecule has 0 spiro atoms. The number of amides is 1. The Balaban J connectivity index is 1.63. The molecule has 136 valence electrons. The van der Waals surface area contributed by atoms with Crippen LogP contribution in [-0.4, -0.2) is 17.8 Å². The van der Waals surface area contributed by atoms with Crippen molar-refractivity contribution < 1.29 is 18.7 Å². The fourth-order valence-corrected chi connectivity index (χ4v) is 2.50. The number of rotatable bonds is 6. The van der Waals surface area contributed by atoms with Crippen molar-refractivity contribution in [2.75, 3.05) is 5.32 Å². The molecule has 0 fully saturated rings. The maximum Gasteiger partial charge on any atom is 0.265 e. The average molecular weight is 363 g/mol. The van der Waals surface area contributed by atoms with Gasteiger partial charge in [-0.3, -0.25) is 9.59 Å². The second kappa shape index (κ2) is 8.27. The largest absolute Gasteiger partial charge is 0.481 e. The molecular weight excluding hydrogens is 345 g/mol. The van der Waals surface area contributed by atoms with Crippen LogP contribution in [0.3, 0.4) is 0 Å². The van der Waals surface area contributed by atoms with Gasteiger partial charge in [0.15, 0.2) is 11.9 Å². The Hall–Kier alpha value is -3.47. The number of anilines is 1. The Kier molecular flexibility index (Phi) is 5.61. The summed E-state index contributed by atoms with van der Waals surface area (Å²) in [5, 5.41) is 2.49. The van der Waals surface area contributed by atoms with Crippen molar-refractivity contribution in [3.63, 3.8) is 0 Å². The molecule has 0 aliphatic rings. The molecule has 1 unspecified atom stereocenters. The van der Waals surface area contributed by atoms with E-state index in [1.165, 1.54) is 12.1 Å². The van der Waals surface area contributed by atoms with E-state index in [0.29, 0.717) is 16.9 Å². The lowest BCUT2D eigenvalue weighted by atomic mass is 10.0. The maximum atomic E-state index is 13.6. The normalized spacial score (nSPS) is 11.5. The lowest BCUT2D eigenvalue weighted by Gasteiger charge is -2.15. The first-order valence-electron chi connectivity index (χ1n) is 8.46. The SMILES string of the molecule is CC(Oc1ccc(C(=O)c2ccccc2)cc1)C(=O)Nc1ccccc1F. The van der Waals surface area contributed by atoms with E-state index in [1.807, 2.05) is 6.07 Å². The topological polar surface area (TPSA) is 55.4 Å². The van der Waals surface area contributed by atoms with Gasteiger partial charge in [-0.15, -0.1) is 0 Å². The maximum absolute atomic E-state index is 13.6. The van der Waals surface area contributed by atoms with Crippen LogP contribution in [0.4, 0.5) is 10.1 Å². The van der Waals surface area contributed by atoms with E-state index in [9.17, 15) is 14.0 Å². The van der Waals surface area contributed by atoms with Crippen LogP contribution in [0.2, 0.25) is 0 Å². The molecule has 0 aromatic heterocycles. The molecular formula is C22H18FNO3. The standard InChI is InChI=1S/C22H18FNO3/c1-15(22(26)24-20-10-6-5-9-19(20)23)27-18-13-11-17(12-14-18)21(25)16-7-3-2-4-8-16/h2-15H,1H3,(H,24,26). The van der Waals surface area contributed by atoms with Crippen molar-refractivity contribution in [2.45, 2.75) is 13.0 Å². The van der Waals surface area contributed by atoms with Gasteiger partial charge in [0, 0.05) is 11.1 Å². The van der Waals surface area contributed by atoms with Gasteiger partial charge in [0.25, 0.3) is 5.91 Å².